The van der Waals surface area contributed by atoms with Crippen LogP contribution < -0.4 is 0 Å². The summed E-state index contributed by atoms with van der Waals surface area (Å²) in [6, 6.07) is 0. The number of nitrogens with zero attached hydrogens (tertiary/aromatic N) is 6. The van der Waals surface area contributed by atoms with Gasteiger partial charge in [0.25, 0.3) is 0 Å². The van der Waals surface area contributed by atoms with Crippen molar-refractivity contribution in [1.82, 2.24) is 24.5 Å². The van der Waals surface area contributed by atoms with Gasteiger partial charge in [-0.1, -0.05) is 11.6 Å². The molecule has 10 heteroatoms. The Kier molecular flexibility index (Phi) is 4.93. The summed E-state index contributed by atoms with van der Waals surface area (Å²) < 4.78 is 2.98. The predicted molar refractivity (Wildman–Crippen MR) is 87.6 cm³/mol. The molecule has 1 amide bonds. The van der Waals surface area contributed by atoms with Gasteiger partial charge in [0.1, 0.15) is 23.6 Å². The van der Waals surface area contributed by atoms with Gasteiger partial charge in [-0.25, -0.2) is 0 Å². The van der Waals surface area contributed by atoms with Crippen LogP contribution in [0.1, 0.15) is 26.5 Å². The second-order valence-corrected chi connectivity index (χ2v) is 6.31. The van der Waals surface area contributed by atoms with Crippen LogP contribution in [-0.2, 0) is 23.4 Å². The third kappa shape index (κ3) is 3.40. The Hall–Kier alpha value is -2.42. The highest BCUT2D eigenvalue weighted by Gasteiger charge is 2.34. The maximum absolute atomic E-state index is 12.8. The summed E-state index contributed by atoms with van der Waals surface area (Å²) in [5.74, 6) is -0.261. The van der Waals surface area contributed by atoms with E-state index in [9.17, 15) is 14.9 Å². The van der Waals surface area contributed by atoms with Crippen molar-refractivity contribution in [1.29, 1.82) is 0 Å². The van der Waals surface area contributed by atoms with E-state index in [2.05, 4.69) is 10.2 Å². The molecule has 0 aromatic carbocycles. The first kappa shape index (κ1) is 17.9. The van der Waals surface area contributed by atoms with Crippen LogP contribution in [0.3, 0.4) is 0 Å². The Bertz CT molecular complexity index is 766. The van der Waals surface area contributed by atoms with Crippen molar-refractivity contribution in [2.45, 2.75) is 39.4 Å². The number of nitro groups is 1. The number of amides is 1. The Labute approximate surface area is 144 Å². The normalized spacial score (nSPS) is 11.5. The molecule has 0 fully saturated rings. The minimum atomic E-state index is -1.08. The van der Waals surface area contributed by atoms with Gasteiger partial charge in [0.2, 0.25) is 5.91 Å². The van der Waals surface area contributed by atoms with Gasteiger partial charge in [-0.15, -0.1) is 0 Å². The number of aromatic nitrogens is 4. The molecular weight excluding hydrogens is 336 g/mol. The average molecular weight is 355 g/mol. The predicted octanol–water partition coefficient (Wildman–Crippen LogP) is 2.05. The number of carbonyl (C=O) groups is 1. The highest BCUT2D eigenvalue weighted by Crippen LogP contribution is 2.22. The molecular formula is C14H19ClN6O3. The van der Waals surface area contributed by atoms with Gasteiger partial charge in [-0.05, 0) is 20.8 Å². The Balaban J connectivity index is 2.18. The van der Waals surface area contributed by atoms with Crippen molar-refractivity contribution >= 4 is 23.2 Å². The Morgan fingerprint density at radius 2 is 2.12 bits per heavy atom. The second-order valence-electron chi connectivity index (χ2n) is 5.90. The van der Waals surface area contributed by atoms with Gasteiger partial charge in [-0.3, -0.25) is 24.3 Å². The van der Waals surface area contributed by atoms with E-state index < -0.39 is 10.5 Å². The number of likely N-dealkylation sites (N-methyl/N-ethyl adjacent to an activating group) is 1. The fourth-order valence-corrected chi connectivity index (χ4v) is 2.49. The first-order valence-corrected chi connectivity index (χ1v) is 7.71. The fraction of sp³-hybridized carbons (Fsp3) is 0.500. The van der Waals surface area contributed by atoms with Gasteiger partial charge < -0.3 is 4.90 Å². The molecule has 0 saturated heterocycles. The standard InChI is InChI=1S/C14H19ClN6O3/c1-5-19-8-11(15)12(17-19)9-18(4)13(22)14(2,3)20-7-10(6-16-20)21(23)24/h6-8H,5,9H2,1-4H3. The number of hydrogen-bond donors (Lipinski definition) is 0. The molecule has 0 bridgehead atoms. The Morgan fingerprint density at radius 1 is 1.46 bits per heavy atom. The highest BCUT2D eigenvalue weighted by atomic mass is 35.5. The van der Waals surface area contributed by atoms with Crippen molar-refractivity contribution in [3.05, 3.63) is 39.4 Å². The fourth-order valence-electron chi connectivity index (χ4n) is 2.28. The highest BCUT2D eigenvalue weighted by molar-refractivity contribution is 6.31. The van der Waals surface area contributed by atoms with Crippen molar-refractivity contribution < 1.29 is 9.72 Å². The molecule has 0 unspecified atom stereocenters. The third-order valence-electron chi connectivity index (χ3n) is 3.72. The molecule has 2 aromatic heterocycles. The summed E-state index contributed by atoms with van der Waals surface area (Å²) in [7, 11) is 1.63. The zero-order valence-electron chi connectivity index (χ0n) is 13.9. The van der Waals surface area contributed by atoms with Gasteiger partial charge in [-0.2, -0.15) is 10.2 Å². The first-order valence-electron chi connectivity index (χ1n) is 7.33. The van der Waals surface area contributed by atoms with Crippen molar-refractivity contribution in [3.8, 4) is 0 Å². The molecule has 130 valence electrons. The topological polar surface area (TPSA) is 99.1 Å². The quantitative estimate of drug-likeness (QED) is 0.584. The summed E-state index contributed by atoms with van der Waals surface area (Å²) in [4.78, 5) is 24.5. The molecule has 2 aromatic rings. The third-order valence-corrected chi connectivity index (χ3v) is 4.04. The number of carbonyl (C=O) groups excluding carboxylic acids is 1. The number of rotatable bonds is 6. The average Bonchev–Trinajstić information content (AvgIpc) is 3.14. The molecule has 0 atom stereocenters. The number of halogens is 1. The van der Waals surface area contributed by atoms with Crippen LogP contribution >= 0.6 is 11.6 Å². The van der Waals surface area contributed by atoms with Crippen LogP contribution in [0.4, 0.5) is 5.69 Å². The lowest BCUT2D eigenvalue weighted by Gasteiger charge is -2.29. The smallest absolute Gasteiger partial charge is 0.307 e. The lowest BCUT2D eigenvalue weighted by molar-refractivity contribution is -0.385. The van der Waals surface area contributed by atoms with Crippen molar-refractivity contribution in [2.24, 2.45) is 0 Å². The van der Waals surface area contributed by atoms with E-state index in [1.807, 2.05) is 6.92 Å². The molecule has 0 spiro atoms. The molecule has 9 nitrogen and oxygen atoms in total. The van der Waals surface area contributed by atoms with E-state index in [0.717, 1.165) is 6.20 Å². The maximum atomic E-state index is 12.8. The zero-order valence-corrected chi connectivity index (χ0v) is 14.7. The van der Waals surface area contributed by atoms with Gasteiger partial charge in [0.15, 0.2) is 0 Å². The van der Waals surface area contributed by atoms with Gasteiger partial charge >= 0.3 is 5.69 Å². The van der Waals surface area contributed by atoms with Crippen LogP contribution in [0.2, 0.25) is 5.02 Å². The van der Waals surface area contributed by atoms with Crippen LogP contribution in [0.15, 0.2) is 18.6 Å². The van der Waals surface area contributed by atoms with E-state index in [1.165, 1.54) is 15.8 Å². The Morgan fingerprint density at radius 3 is 2.62 bits per heavy atom. The number of hydrogen-bond acceptors (Lipinski definition) is 5. The van der Waals surface area contributed by atoms with Crippen LogP contribution in [0.25, 0.3) is 0 Å². The molecule has 0 saturated carbocycles. The van der Waals surface area contributed by atoms with E-state index in [0.29, 0.717) is 17.3 Å². The molecule has 0 aliphatic heterocycles. The van der Waals surface area contributed by atoms with E-state index >= 15 is 0 Å². The van der Waals surface area contributed by atoms with Crippen LogP contribution in [0, 0.1) is 10.1 Å². The van der Waals surface area contributed by atoms with Crippen LogP contribution in [0.5, 0.6) is 0 Å². The summed E-state index contributed by atoms with van der Waals surface area (Å²) in [6.07, 6.45) is 4.07. The molecule has 2 rings (SSSR count). The molecule has 0 aliphatic rings. The monoisotopic (exact) mass is 354 g/mol. The minimum Gasteiger partial charge on any atom is -0.338 e. The van der Waals surface area contributed by atoms with Crippen LogP contribution in [-0.4, -0.2) is 42.3 Å². The summed E-state index contributed by atoms with van der Waals surface area (Å²) in [5.41, 5.74) is -0.650. The van der Waals surface area contributed by atoms with Crippen molar-refractivity contribution in [2.75, 3.05) is 7.05 Å². The molecule has 0 radical (unpaired) electrons. The lowest BCUT2D eigenvalue weighted by atomic mass is 10.0. The van der Waals surface area contributed by atoms with E-state index in [1.54, 1.807) is 31.8 Å². The first-order chi connectivity index (χ1) is 11.2. The SMILES string of the molecule is CCn1cc(Cl)c(CN(C)C(=O)C(C)(C)n2cc([N+](=O)[O-])cn2)n1. The van der Waals surface area contributed by atoms with E-state index in [4.69, 9.17) is 11.6 Å². The summed E-state index contributed by atoms with van der Waals surface area (Å²) in [5, 5.41) is 19.5. The number of aryl methyl sites for hydroxylation is 1. The largest absolute Gasteiger partial charge is 0.338 e. The van der Waals surface area contributed by atoms with Crippen molar-refractivity contribution in [3.63, 3.8) is 0 Å². The van der Waals surface area contributed by atoms with Gasteiger partial charge in [0, 0.05) is 19.8 Å². The zero-order chi connectivity index (χ0) is 18.1. The second kappa shape index (κ2) is 6.60. The maximum Gasteiger partial charge on any atom is 0.307 e. The lowest BCUT2D eigenvalue weighted by Crippen LogP contribution is -2.45. The summed E-state index contributed by atoms with van der Waals surface area (Å²) in [6.45, 7) is 6.15. The van der Waals surface area contributed by atoms with Gasteiger partial charge in [0.05, 0.1) is 16.5 Å². The van der Waals surface area contributed by atoms with E-state index in [-0.39, 0.29) is 18.1 Å². The minimum absolute atomic E-state index is 0.164. The molecule has 0 aliphatic carbocycles. The molecule has 0 N–H and O–H groups in total. The molecule has 2 heterocycles. The molecule has 24 heavy (non-hydrogen) atoms. The summed E-state index contributed by atoms with van der Waals surface area (Å²) >= 11 is 6.13.